The Morgan fingerprint density at radius 3 is 0.688 bits per heavy atom. The van der Waals surface area contributed by atoms with Gasteiger partial charge in [0.2, 0.25) is 0 Å². The lowest BCUT2D eigenvalue weighted by Crippen LogP contribution is -2.75. The fraction of sp³-hybridized carbons (Fsp3) is 1.00. The van der Waals surface area contributed by atoms with Crippen molar-refractivity contribution in [3.8, 4) is 0 Å². The van der Waals surface area contributed by atoms with E-state index in [0.717, 1.165) is 0 Å². The molecule has 0 aliphatic carbocycles. The zero-order valence-electron chi connectivity index (χ0n) is 20.8. The van der Waals surface area contributed by atoms with Crippen molar-refractivity contribution >= 4 is 61.6 Å². The lowest BCUT2D eigenvalue weighted by molar-refractivity contribution is 0.0296. The predicted molar refractivity (Wildman–Crippen MR) is 125 cm³/mol. The molecule has 0 spiro atoms. The molecule has 0 aromatic heterocycles. The third-order valence-corrected chi connectivity index (χ3v) is 32.3. The molecule has 0 N–H and O–H groups in total. The quantitative estimate of drug-likeness (QED) is 0.433. The number of hydrogen-bond acceptors (Lipinski definition) is 13. The van der Waals surface area contributed by atoms with E-state index in [9.17, 15) is 0 Å². The summed E-state index contributed by atoms with van der Waals surface area (Å²) in [6.07, 6.45) is 0. The van der Waals surface area contributed by atoms with Crippen LogP contribution in [0.4, 0.5) is 0 Å². The maximum atomic E-state index is 6.48. The van der Waals surface area contributed by atoms with Gasteiger partial charge in [0, 0.05) is 81.4 Å². The van der Waals surface area contributed by atoms with Gasteiger partial charge in [-0.3, -0.25) is 0 Å². The van der Waals surface area contributed by atoms with Crippen LogP contribution in [0.2, 0.25) is 45.8 Å². The highest BCUT2D eigenvalue weighted by Gasteiger charge is 2.68. The maximum Gasteiger partial charge on any atom is 0.482 e. The van der Waals surface area contributed by atoms with Gasteiger partial charge in [-0.15, -0.1) is 0 Å². The Morgan fingerprint density at radius 2 is 0.500 bits per heavy atom. The second kappa shape index (κ2) is 9.81. The molecular weight excluding hydrogens is 549 g/mol. The fourth-order valence-electron chi connectivity index (χ4n) is 3.34. The Kier molecular flexibility index (Phi) is 8.96. The first-order chi connectivity index (χ1) is 14.5. The molecule has 190 valence electrons. The zero-order valence-corrected chi connectivity index (χ0v) is 27.8. The predicted octanol–water partition coefficient (Wildman–Crippen LogP) is 1.36. The van der Waals surface area contributed by atoms with Crippen molar-refractivity contribution < 1.29 is 55.1 Å². The van der Waals surface area contributed by atoms with E-state index in [-0.39, 0.29) is 0 Å². The first-order valence-corrected chi connectivity index (χ1v) is 25.4. The number of hydrogen-bond donors (Lipinski definition) is 0. The molecular formula is C12H36O13Si7. The largest absolute Gasteiger partial charge is 0.482 e. The van der Waals surface area contributed by atoms with Crippen LogP contribution in [0.1, 0.15) is 0 Å². The number of rotatable bonds is 5. The summed E-state index contributed by atoms with van der Waals surface area (Å²) in [6, 6.07) is 0. The molecule has 0 radical (unpaired) electrons. The second-order valence-electron chi connectivity index (χ2n) is 7.87. The molecule has 2 rings (SSSR count). The zero-order chi connectivity index (χ0) is 24.7. The summed E-state index contributed by atoms with van der Waals surface area (Å²) < 4.78 is 79.1. The van der Waals surface area contributed by atoms with Gasteiger partial charge in [0.25, 0.3) is 0 Å². The molecule has 6 atom stereocenters. The summed E-state index contributed by atoms with van der Waals surface area (Å²) >= 11 is 0. The summed E-state index contributed by atoms with van der Waals surface area (Å²) in [5.41, 5.74) is 0. The van der Waals surface area contributed by atoms with Gasteiger partial charge in [-0.2, -0.15) is 0 Å². The molecule has 2 bridgehead atoms. The van der Waals surface area contributed by atoms with E-state index in [1.165, 1.54) is 35.5 Å². The number of fused-ring (bicyclic) bond motifs is 2. The molecule has 0 amide bonds. The van der Waals surface area contributed by atoms with Crippen molar-refractivity contribution in [2.24, 2.45) is 0 Å². The fourth-order valence-corrected chi connectivity index (χ4v) is 34.2. The minimum Gasteiger partial charge on any atom is -0.378 e. The molecule has 32 heavy (non-hydrogen) atoms. The average Bonchev–Trinajstić information content (AvgIpc) is 2.64. The van der Waals surface area contributed by atoms with Gasteiger partial charge in [0.15, 0.2) is 0 Å². The van der Waals surface area contributed by atoms with E-state index in [1.807, 2.05) is 0 Å². The van der Waals surface area contributed by atoms with Crippen LogP contribution in [0.15, 0.2) is 0 Å². The van der Waals surface area contributed by atoms with Crippen molar-refractivity contribution in [3.63, 3.8) is 0 Å². The maximum absolute atomic E-state index is 6.48. The van der Waals surface area contributed by atoms with Crippen molar-refractivity contribution in [3.05, 3.63) is 0 Å². The first-order valence-electron chi connectivity index (χ1n) is 9.83. The van der Waals surface area contributed by atoms with Gasteiger partial charge in [-0.05, 0) is 0 Å². The average molecular weight is 585 g/mol. The molecule has 2 aliphatic rings. The lowest BCUT2D eigenvalue weighted by Gasteiger charge is -2.50. The normalized spacial score (nSPS) is 51.0. The van der Waals surface area contributed by atoms with Crippen molar-refractivity contribution in [2.75, 3.05) is 35.5 Å². The first kappa shape index (κ1) is 29.2. The van der Waals surface area contributed by atoms with Crippen LogP contribution >= 0.6 is 0 Å². The van der Waals surface area contributed by atoms with Crippen LogP contribution in [0.3, 0.4) is 0 Å². The molecule has 0 saturated carbocycles. The highest BCUT2D eigenvalue weighted by molar-refractivity contribution is 6.93. The Labute approximate surface area is 197 Å². The molecule has 13 nitrogen and oxygen atoms in total. The Balaban J connectivity index is 2.69. The van der Waals surface area contributed by atoms with Gasteiger partial charge in [0.1, 0.15) is 0 Å². The van der Waals surface area contributed by atoms with Gasteiger partial charge < -0.3 is 55.1 Å². The molecule has 20 heteroatoms. The lowest BCUT2D eigenvalue weighted by atomic mass is 11.8. The third kappa shape index (κ3) is 6.81. The van der Waals surface area contributed by atoms with E-state index in [2.05, 4.69) is 0 Å². The monoisotopic (exact) mass is 584 g/mol. The van der Waals surface area contributed by atoms with Crippen LogP contribution in [0.5, 0.6) is 0 Å². The van der Waals surface area contributed by atoms with Crippen LogP contribution in [0.25, 0.3) is 0 Å². The SMILES string of the molecule is CO[Si]1(C)O[Si](C)(OC)O[Si]2(C)O[Si](C)(OC)O[Si](C)(OC)O[Si](C)(O[Si](C)(OC)O1)O2. The molecule has 2 fully saturated rings. The van der Waals surface area contributed by atoms with E-state index in [4.69, 9.17) is 55.1 Å². The van der Waals surface area contributed by atoms with E-state index < -0.39 is 61.6 Å². The molecule has 2 aliphatic heterocycles. The molecule has 6 unspecified atom stereocenters. The highest BCUT2D eigenvalue weighted by Crippen LogP contribution is 2.37. The Bertz CT molecular complexity index is 635. The second-order valence-corrected chi connectivity index (χ2v) is 28.5. The summed E-state index contributed by atoms with van der Waals surface area (Å²) in [4.78, 5) is 0. The van der Waals surface area contributed by atoms with Crippen molar-refractivity contribution in [1.29, 1.82) is 0 Å². The van der Waals surface area contributed by atoms with E-state index in [1.54, 1.807) is 45.8 Å². The van der Waals surface area contributed by atoms with E-state index >= 15 is 0 Å². The third-order valence-electron chi connectivity index (χ3n) is 4.82. The summed E-state index contributed by atoms with van der Waals surface area (Å²) in [6.45, 7) is 12.0. The highest BCUT2D eigenvalue weighted by atomic mass is 28.6. The van der Waals surface area contributed by atoms with Crippen molar-refractivity contribution in [2.45, 2.75) is 45.8 Å². The van der Waals surface area contributed by atoms with Gasteiger partial charge in [0.05, 0.1) is 0 Å². The van der Waals surface area contributed by atoms with Gasteiger partial charge >= 0.3 is 61.6 Å². The van der Waals surface area contributed by atoms with Crippen LogP contribution < -0.4 is 0 Å². The van der Waals surface area contributed by atoms with Gasteiger partial charge in [-0.25, -0.2) is 0 Å². The summed E-state index contributed by atoms with van der Waals surface area (Å²) in [7, 11) is -16.7. The van der Waals surface area contributed by atoms with E-state index in [0.29, 0.717) is 0 Å². The topological polar surface area (TPSA) is 120 Å². The van der Waals surface area contributed by atoms with Gasteiger partial charge in [-0.1, -0.05) is 0 Å². The smallest absolute Gasteiger partial charge is 0.378 e. The minimum absolute atomic E-state index is 1.48. The van der Waals surface area contributed by atoms with Crippen molar-refractivity contribution in [1.82, 2.24) is 0 Å². The molecule has 2 heterocycles. The molecule has 0 aromatic carbocycles. The Morgan fingerprint density at radius 1 is 0.312 bits per heavy atom. The minimum atomic E-state index is -3.64. The Hall–Kier alpha value is 0.998. The molecule has 0 aromatic rings. The standard InChI is InChI=1S/C12H36O13Si7/c1-13-26(6)18-27(7,14-2)21-31(11)23-29(9,16-4)20-30(10,17-5)24-32(12,25-31)22-28(8,15-3)19-26/h1-12H3. The molecule has 2 saturated heterocycles. The summed E-state index contributed by atoms with van der Waals surface area (Å²) in [5, 5.41) is 0. The van der Waals surface area contributed by atoms with Crippen LogP contribution in [-0.2, 0) is 55.1 Å². The summed E-state index contributed by atoms with van der Waals surface area (Å²) in [5.74, 6) is 0. The van der Waals surface area contributed by atoms with Crippen LogP contribution in [0, 0.1) is 0 Å². The van der Waals surface area contributed by atoms with Crippen LogP contribution in [-0.4, -0.2) is 97.2 Å².